The molecule has 0 bridgehead atoms. The molecule has 3 aromatic rings. The topological polar surface area (TPSA) is 45.6 Å². The molecular formula is C25H26FN3O2S. The molecule has 1 aromatic heterocycles. The number of hydrogen-bond acceptors (Lipinski definition) is 4. The van der Waals surface area contributed by atoms with Crippen molar-refractivity contribution >= 4 is 23.3 Å². The standard InChI is InChI=1S/C25H26FN3O2S/c1-19-24(21-9-11-22(26)12-10-21)29(25(31)32-19)18-23(30)28-16-14-27(15-17-28)13-5-8-20-6-3-2-4-7-20/h2-12H,13-18H2,1H3/b8-5-. The fourth-order valence-corrected chi connectivity index (χ4v) is 4.80. The summed E-state index contributed by atoms with van der Waals surface area (Å²) in [7, 11) is 0. The Morgan fingerprint density at radius 2 is 1.72 bits per heavy atom. The lowest BCUT2D eigenvalue weighted by Gasteiger charge is -2.34. The van der Waals surface area contributed by atoms with Crippen LogP contribution in [0.5, 0.6) is 0 Å². The highest BCUT2D eigenvalue weighted by Gasteiger charge is 2.23. The zero-order valence-electron chi connectivity index (χ0n) is 18.0. The largest absolute Gasteiger partial charge is 0.339 e. The second-order valence-electron chi connectivity index (χ2n) is 7.86. The van der Waals surface area contributed by atoms with Gasteiger partial charge in [0.2, 0.25) is 5.91 Å². The molecule has 0 atom stereocenters. The van der Waals surface area contributed by atoms with Crippen LogP contribution in [0.3, 0.4) is 0 Å². The number of amides is 1. The van der Waals surface area contributed by atoms with Crippen molar-refractivity contribution in [2.75, 3.05) is 32.7 Å². The smallest absolute Gasteiger partial charge is 0.308 e. The van der Waals surface area contributed by atoms with E-state index in [0.29, 0.717) is 18.8 Å². The lowest BCUT2D eigenvalue weighted by Crippen LogP contribution is -2.49. The third kappa shape index (κ3) is 5.23. The summed E-state index contributed by atoms with van der Waals surface area (Å²) >= 11 is 1.12. The molecule has 2 aromatic carbocycles. The average molecular weight is 452 g/mol. The number of halogens is 1. The van der Waals surface area contributed by atoms with Gasteiger partial charge in [-0.2, -0.15) is 0 Å². The summed E-state index contributed by atoms with van der Waals surface area (Å²) in [6.07, 6.45) is 4.26. The van der Waals surface area contributed by atoms with Crippen LogP contribution in [-0.4, -0.2) is 53.0 Å². The average Bonchev–Trinajstić information content (AvgIpc) is 3.08. The molecule has 0 radical (unpaired) electrons. The maximum Gasteiger partial charge on any atom is 0.308 e. The van der Waals surface area contributed by atoms with Crippen molar-refractivity contribution in [1.29, 1.82) is 0 Å². The third-order valence-electron chi connectivity index (χ3n) is 5.67. The number of piperazine rings is 1. The van der Waals surface area contributed by atoms with Gasteiger partial charge in [-0.25, -0.2) is 4.39 Å². The summed E-state index contributed by atoms with van der Waals surface area (Å²) in [6, 6.07) is 16.2. The van der Waals surface area contributed by atoms with Gasteiger partial charge in [0.15, 0.2) is 0 Å². The molecule has 4 rings (SSSR count). The van der Waals surface area contributed by atoms with Crippen molar-refractivity contribution in [2.45, 2.75) is 13.5 Å². The van der Waals surface area contributed by atoms with Gasteiger partial charge in [0.25, 0.3) is 0 Å². The monoisotopic (exact) mass is 451 g/mol. The van der Waals surface area contributed by atoms with E-state index in [9.17, 15) is 14.0 Å². The SMILES string of the molecule is Cc1sc(=O)n(CC(=O)N2CCN(C/C=C\c3ccccc3)CC2)c1-c1ccc(F)cc1. The van der Waals surface area contributed by atoms with E-state index in [0.717, 1.165) is 41.4 Å². The van der Waals surface area contributed by atoms with Crippen molar-refractivity contribution < 1.29 is 9.18 Å². The maximum atomic E-state index is 13.3. The zero-order valence-corrected chi connectivity index (χ0v) is 18.9. The van der Waals surface area contributed by atoms with Gasteiger partial charge < -0.3 is 4.90 Å². The number of aryl methyl sites for hydroxylation is 1. The molecule has 1 amide bonds. The normalized spacial score (nSPS) is 14.9. The van der Waals surface area contributed by atoms with E-state index in [1.54, 1.807) is 12.1 Å². The van der Waals surface area contributed by atoms with Gasteiger partial charge >= 0.3 is 4.87 Å². The minimum absolute atomic E-state index is 0.00376. The molecule has 5 nitrogen and oxygen atoms in total. The van der Waals surface area contributed by atoms with Crippen molar-refractivity contribution in [3.05, 3.63) is 86.6 Å². The van der Waals surface area contributed by atoms with Gasteiger partial charge in [0, 0.05) is 37.6 Å². The summed E-state index contributed by atoms with van der Waals surface area (Å²) in [6.45, 7) is 5.58. The van der Waals surface area contributed by atoms with Crippen molar-refractivity contribution in [3.63, 3.8) is 0 Å². The van der Waals surface area contributed by atoms with E-state index in [-0.39, 0.29) is 23.1 Å². The molecule has 0 spiro atoms. The number of nitrogens with zero attached hydrogens (tertiary/aromatic N) is 3. The zero-order chi connectivity index (χ0) is 22.5. The number of benzene rings is 2. The molecule has 166 valence electrons. The fourth-order valence-electron chi connectivity index (χ4n) is 3.94. The molecule has 1 saturated heterocycles. The summed E-state index contributed by atoms with van der Waals surface area (Å²) < 4.78 is 14.8. The highest BCUT2D eigenvalue weighted by Crippen LogP contribution is 2.25. The first-order valence-electron chi connectivity index (χ1n) is 10.7. The summed E-state index contributed by atoms with van der Waals surface area (Å²) in [5.41, 5.74) is 2.61. The van der Waals surface area contributed by atoms with Crippen LogP contribution in [0.25, 0.3) is 17.3 Å². The Morgan fingerprint density at radius 1 is 1.03 bits per heavy atom. The molecule has 7 heteroatoms. The highest BCUT2D eigenvalue weighted by molar-refractivity contribution is 7.09. The van der Waals surface area contributed by atoms with Gasteiger partial charge in [-0.3, -0.25) is 19.1 Å². The number of aromatic nitrogens is 1. The van der Waals surface area contributed by atoms with E-state index >= 15 is 0 Å². The van der Waals surface area contributed by atoms with Crippen LogP contribution in [-0.2, 0) is 11.3 Å². The van der Waals surface area contributed by atoms with E-state index in [1.807, 2.05) is 30.0 Å². The molecule has 32 heavy (non-hydrogen) atoms. The molecule has 1 aliphatic rings. The van der Waals surface area contributed by atoms with E-state index in [2.05, 4.69) is 29.2 Å². The molecule has 1 aliphatic heterocycles. The van der Waals surface area contributed by atoms with E-state index < -0.39 is 0 Å². The maximum absolute atomic E-state index is 13.3. The predicted octanol–water partition coefficient (Wildman–Crippen LogP) is 3.88. The number of carbonyl (C=O) groups is 1. The second kappa shape index (κ2) is 10.1. The quantitative estimate of drug-likeness (QED) is 0.571. The van der Waals surface area contributed by atoms with E-state index in [1.165, 1.54) is 22.3 Å². The van der Waals surface area contributed by atoms with Crippen LogP contribution < -0.4 is 4.87 Å². The molecule has 0 unspecified atom stereocenters. The summed E-state index contributed by atoms with van der Waals surface area (Å²) in [5, 5.41) is 0. The van der Waals surface area contributed by atoms with Crippen LogP contribution in [0.15, 0.2) is 65.5 Å². The van der Waals surface area contributed by atoms with Crippen LogP contribution in [0.4, 0.5) is 4.39 Å². The Balaban J connectivity index is 1.36. The van der Waals surface area contributed by atoms with Crippen molar-refractivity contribution in [3.8, 4) is 11.3 Å². The predicted molar refractivity (Wildman–Crippen MR) is 127 cm³/mol. The molecule has 0 aliphatic carbocycles. The molecule has 0 saturated carbocycles. The van der Waals surface area contributed by atoms with Crippen molar-refractivity contribution in [2.24, 2.45) is 0 Å². The molecule has 2 heterocycles. The van der Waals surface area contributed by atoms with Gasteiger partial charge in [-0.05, 0) is 42.3 Å². The minimum atomic E-state index is -0.330. The molecule has 1 fully saturated rings. The van der Waals surface area contributed by atoms with Crippen LogP contribution >= 0.6 is 11.3 Å². The highest BCUT2D eigenvalue weighted by atomic mass is 32.1. The minimum Gasteiger partial charge on any atom is -0.339 e. The van der Waals surface area contributed by atoms with Gasteiger partial charge in [0.05, 0.1) is 5.69 Å². The lowest BCUT2D eigenvalue weighted by atomic mass is 10.1. The van der Waals surface area contributed by atoms with Crippen molar-refractivity contribution in [1.82, 2.24) is 14.4 Å². The number of hydrogen-bond donors (Lipinski definition) is 0. The first kappa shape index (κ1) is 22.2. The Hall–Kier alpha value is -3.03. The first-order chi connectivity index (χ1) is 15.5. The Bertz CT molecular complexity index is 1140. The van der Waals surface area contributed by atoms with Crippen LogP contribution in [0, 0.1) is 12.7 Å². The third-order valence-corrected chi connectivity index (χ3v) is 6.57. The molecule has 0 N–H and O–H groups in total. The Morgan fingerprint density at radius 3 is 2.41 bits per heavy atom. The van der Waals surface area contributed by atoms with Gasteiger partial charge in [-0.1, -0.05) is 53.8 Å². The van der Waals surface area contributed by atoms with Crippen LogP contribution in [0.2, 0.25) is 0 Å². The summed E-state index contributed by atoms with van der Waals surface area (Å²) in [5.74, 6) is -0.393. The first-order valence-corrected chi connectivity index (χ1v) is 11.5. The van der Waals surface area contributed by atoms with Gasteiger partial charge in [-0.15, -0.1) is 0 Å². The Labute approximate surface area is 191 Å². The number of rotatable bonds is 6. The second-order valence-corrected chi connectivity index (χ2v) is 9.03. The lowest BCUT2D eigenvalue weighted by molar-refractivity contribution is -0.133. The summed E-state index contributed by atoms with van der Waals surface area (Å²) in [4.78, 5) is 30.3. The Kier molecular flexibility index (Phi) is 6.97. The number of carbonyl (C=O) groups excluding carboxylic acids is 1. The van der Waals surface area contributed by atoms with Gasteiger partial charge in [0.1, 0.15) is 12.4 Å². The van der Waals surface area contributed by atoms with E-state index in [4.69, 9.17) is 0 Å². The number of thiazole rings is 1. The molecular weight excluding hydrogens is 425 g/mol. The fraction of sp³-hybridized carbons (Fsp3) is 0.280. The van der Waals surface area contributed by atoms with Crippen LogP contribution in [0.1, 0.15) is 10.4 Å².